The van der Waals surface area contributed by atoms with Crippen LogP contribution in [0.3, 0.4) is 0 Å². The molecule has 1 fully saturated rings. The Labute approximate surface area is 119 Å². The zero-order chi connectivity index (χ0) is 14.7. The predicted molar refractivity (Wildman–Crippen MR) is 78.9 cm³/mol. The van der Waals surface area contributed by atoms with Crippen LogP contribution in [0.15, 0.2) is 12.3 Å². The molecule has 1 aliphatic heterocycles. The Hall–Kier alpha value is -1.82. The van der Waals surface area contributed by atoms with Gasteiger partial charge in [0.1, 0.15) is 5.82 Å². The van der Waals surface area contributed by atoms with Crippen molar-refractivity contribution in [3.63, 3.8) is 0 Å². The lowest BCUT2D eigenvalue weighted by Gasteiger charge is -2.38. The van der Waals surface area contributed by atoms with Gasteiger partial charge in [-0.1, -0.05) is 0 Å². The largest absolute Gasteiger partial charge is 0.462 e. The minimum atomic E-state index is -0.393. The third kappa shape index (κ3) is 3.01. The summed E-state index contributed by atoms with van der Waals surface area (Å²) in [5.41, 5.74) is 6.56. The van der Waals surface area contributed by atoms with Crippen molar-refractivity contribution in [3.05, 3.63) is 17.8 Å². The first-order chi connectivity index (χ1) is 9.52. The molecule has 2 N–H and O–H groups in total. The number of nitrogens with two attached hydrogens (primary N) is 1. The molecule has 0 radical (unpaired) electrons. The van der Waals surface area contributed by atoms with Gasteiger partial charge >= 0.3 is 5.97 Å². The van der Waals surface area contributed by atoms with Crippen LogP contribution < -0.4 is 10.6 Å². The van der Waals surface area contributed by atoms with E-state index < -0.39 is 5.97 Å². The van der Waals surface area contributed by atoms with Gasteiger partial charge in [-0.3, -0.25) is 0 Å². The van der Waals surface area contributed by atoms with E-state index in [1.54, 1.807) is 13.0 Å². The molecule has 0 amide bonds. The van der Waals surface area contributed by atoms with Gasteiger partial charge in [0.2, 0.25) is 0 Å². The van der Waals surface area contributed by atoms with Crippen LogP contribution in [0.2, 0.25) is 0 Å². The molecule has 6 heteroatoms. The first kappa shape index (κ1) is 14.6. The third-order valence-corrected chi connectivity index (χ3v) is 3.70. The Kier molecular flexibility index (Phi) is 4.44. The van der Waals surface area contributed by atoms with E-state index in [1.807, 2.05) is 0 Å². The van der Waals surface area contributed by atoms with Crippen LogP contribution in [0.25, 0.3) is 0 Å². The molecule has 6 nitrogen and oxygen atoms in total. The number of carbonyl (C=O) groups excluding carboxylic acids is 1. The Morgan fingerprint density at radius 2 is 2.30 bits per heavy atom. The first-order valence-electron chi connectivity index (χ1n) is 6.90. The van der Waals surface area contributed by atoms with Crippen LogP contribution in [0.5, 0.6) is 0 Å². The third-order valence-electron chi connectivity index (χ3n) is 3.70. The van der Waals surface area contributed by atoms with Crippen LogP contribution in [0.1, 0.15) is 24.2 Å². The summed E-state index contributed by atoms with van der Waals surface area (Å²) < 4.78 is 5.02. The monoisotopic (exact) mass is 278 g/mol. The fourth-order valence-electron chi connectivity index (χ4n) is 2.27. The van der Waals surface area contributed by atoms with Crippen LogP contribution in [-0.4, -0.2) is 55.2 Å². The van der Waals surface area contributed by atoms with Gasteiger partial charge in [0.15, 0.2) is 0 Å². The molecule has 1 aromatic rings. The summed E-state index contributed by atoms with van der Waals surface area (Å²) in [5, 5.41) is 0. The molecule has 0 bridgehead atoms. The van der Waals surface area contributed by atoms with Crippen molar-refractivity contribution < 1.29 is 9.53 Å². The quantitative estimate of drug-likeness (QED) is 0.831. The van der Waals surface area contributed by atoms with Crippen molar-refractivity contribution >= 4 is 17.5 Å². The van der Waals surface area contributed by atoms with Gasteiger partial charge in [0.05, 0.1) is 24.1 Å². The van der Waals surface area contributed by atoms with Crippen molar-refractivity contribution in [1.29, 1.82) is 0 Å². The highest BCUT2D eigenvalue weighted by Crippen LogP contribution is 2.21. The molecular weight excluding hydrogens is 256 g/mol. The van der Waals surface area contributed by atoms with E-state index in [0.29, 0.717) is 23.9 Å². The Balaban J connectivity index is 2.21. The van der Waals surface area contributed by atoms with Crippen molar-refractivity contribution in [2.75, 3.05) is 43.9 Å². The molecule has 0 aliphatic carbocycles. The molecule has 1 unspecified atom stereocenters. The summed E-state index contributed by atoms with van der Waals surface area (Å²) in [7, 11) is 2.11. The number of ether oxygens (including phenoxy) is 1. The summed E-state index contributed by atoms with van der Waals surface area (Å²) in [6.45, 7) is 7.03. The standard InChI is InChI=1S/C14H22N4O2/c1-4-20-14(19)11-7-13(16-8-12(11)15)18-6-5-17(3)10(2)9-18/h7-8,10H,4-6,9,15H2,1-3H3. The van der Waals surface area contributed by atoms with Crippen molar-refractivity contribution in [2.45, 2.75) is 19.9 Å². The van der Waals surface area contributed by atoms with Gasteiger partial charge in [-0.2, -0.15) is 0 Å². The Morgan fingerprint density at radius 3 is 2.95 bits per heavy atom. The van der Waals surface area contributed by atoms with Crippen LogP contribution >= 0.6 is 0 Å². The summed E-state index contributed by atoms with van der Waals surface area (Å²) >= 11 is 0. The van der Waals surface area contributed by atoms with Gasteiger partial charge in [0.25, 0.3) is 0 Å². The first-order valence-corrected chi connectivity index (χ1v) is 6.90. The maximum Gasteiger partial charge on any atom is 0.340 e. The van der Waals surface area contributed by atoms with Gasteiger partial charge in [0, 0.05) is 25.7 Å². The number of anilines is 2. The molecule has 1 atom stereocenters. The molecule has 2 rings (SSSR count). The summed E-state index contributed by atoms with van der Waals surface area (Å²) in [5.74, 6) is 0.387. The maximum absolute atomic E-state index is 11.9. The molecule has 1 aromatic heterocycles. The molecule has 1 saturated heterocycles. The predicted octanol–water partition coefficient (Wildman–Crippen LogP) is 0.981. The number of nitrogen functional groups attached to an aromatic ring is 1. The molecule has 110 valence electrons. The normalized spacial score (nSPS) is 19.9. The highest BCUT2D eigenvalue weighted by atomic mass is 16.5. The lowest BCUT2D eigenvalue weighted by molar-refractivity contribution is 0.0527. The van der Waals surface area contributed by atoms with E-state index in [0.717, 1.165) is 25.5 Å². The smallest absolute Gasteiger partial charge is 0.340 e. The fraction of sp³-hybridized carbons (Fsp3) is 0.571. The number of likely N-dealkylation sites (N-methyl/N-ethyl adjacent to an activating group) is 1. The molecule has 0 aromatic carbocycles. The van der Waals surface area contributed by atoms with E-state index in [4.69, 9.17) is 10.5 Å². The van der Waals surface area contributed by atoms with E-state index >= 15 is 0 Å². The van der Waals surface area contributed by atoms with E-state index in [9.17, 15) is 4.79 Å². The van der Waals surface area contributed by atoms with E-state index in [-0.39, 0.29) is 0 Å². The SMILES string of the molecule is CCOC(=O)c1cc(N2CCN(C)C(C)C2)ncc1N. The number of esters is 1. The number of aromatic nitrogens is 1. The van der Waals surface area contributed by atoms with Crippen molar-refractivity contribution in [1.82, 2.24) is 9.88 Å². The Bertz CT molecular complexity index is 492. The summed E-state index contributed by atoms with van der Waals surface area (Å²) in [6, 6.07) is 2.18. The molecule has 2 heterocycles. The summed E-state index contributed by atoms with van der Waals surface area (Å²) in [4.78, 5) is 20.7. The molecule has 1 aliphatic rings. The second-order valence-electron chi connectivity index (χ2n) is 5.13. The van der Waals surface area contributed by atoms with Crippen LogP contribution in [-0.2, 0) is 4.74 Å². The zero-order valence-corrected chi connectivity index (χ0v) is 12.3. The highest BCUT2D eigenvalue weighted by Gasteiger charge is 2.23. The Morgan fingerprint density at radius 1 is 1.55 bits per heavy atom. The van der Waals surface area contributed by atoms with Crippen molar-refractivity contribution in [3.8, 4) is 0 Å². The minimum Gasteiger partial charge on any atom is -0.462 e. The van der Waals surface area contributed by atoms with Gasteiger partial charge in [-0.15, -0.1) is 0 Å². The highest BCUT2D eigenvalue weighted by molar-refractivity contribution is 5.95. The number of hydrogen-bond donors (Lipinski definition) is 1. The number of carbonyl (C=O) groups is 1. The minimum absolute atomic E-state index is 0.335. The van der Waals surface area contributed by atoms with Crippen LogP contribution in [0.4, 0.5) is 11.5 Å². The maximum atomic E-state index is 11.9. The second kappa shape index (κ2) is 6.09. The van der Waals surface area contributed by atoms with Crippen molar-refractivity contribution in [2.24, 2.45) is 0 Å². The van der Waals surface area contributed by atoms with Crippen LogP contribution in [0, 0.1) is 0 Å². The van der Waals surface area contributed by atoms with Gasteiger partial charge in [-0.05, 0) is 27.0 Å². The number of hydrogen-bond acceptors (Lipinski definition) is 6. The number of nitrogens with zero attached hydrogens (tertiary/aromatic N) is 3. The number of piperazine rings is 1. The fourth-order valence-corrected chi connectivity index (χ4v) is 2.27. The van der Waals surface area contributed by atoms with Gasteiger partial charge < -0.3 is 20.3 Å². The lowest BCUT2D eigenvalue weighted by Crippen LogP contribution is -2.50. The zero-order valence-electron chi connectivity index (χ0n) is 12.3. The average molecular weight is 278 g/mol. The topological polar surface area (TPSA) is 71.7 Å². The molecule has 0 spiro atoms. The van der Waals surface area contributed by atoms with E-state index in [1.165, 1.54) is 6.20 Å². The average Bonchev–Trinajstić information content (AvgIpc) is 2.42. The molecular formula is C14H22N4O2. The summed E-state index contributed by atoms with van der Waals surface area (Å²) in [6.07, 6.45) is 1.53. The van der Waals surface area contributed by atoms with E-state index in [2.05, 4.69) is 28.8 Å². The van der Waals surface area contributed by atoms with Gasteiger partial charge in [-0.25, -0.2) is 9.78 Å². The molecule has 20 heavy (non-hydrogen) atoms. The number of pyridine rings is 1. The molecule has 0 saturated carbocycles. The lowest BCUT2D eigenvalue weighted by atomic mass is 10.1. The second-order valence-corrected chi connectivity index (χ2v) is 5.13. The number of rotatable bonds is 3.